The average Bonchev–Trinajstić information content (AvgIpc) is 2.32. The summed E-state index contributed by atoms with van der Waals surface area (Å²) in [6, 6.07) is 7.66. The van der Waals surface area contributed by atoms with Gasteiger partial charge in [0, 0.05) is 18.2 Å². The van der Waals surface area contributed by atoms with Crippen LogP contribution < -0.4 is 4.40 Å². The molecule has 2 heterocycles. The molecule has 1 aliphatic carbocycles. The number of Topliss-reactive ketones (excluding diaryl/α,β-unsaturated/α-hetero) is 1. The van der Waals surface area contributed by atoms with Gasteiger partial charge >= 0.3 is 0 Å². The number of hydrogen-bond donors (Lipinski definition) is 0. The maximum absolute atomic E-state index is 11.6. The minimum absolute atomic E-state index is 0.434. The molecule has 0 atom stereocenters. The highest BCUT2D eigenvalue weighted by molar-refractivity contribution is 6.49. The zero-order valence-corrected chi connectivity index (χ0v) is 8.38. The molecule has 16 heavy (non-hydrogen) atoms. The van der Waals surface area contributed by atoms with Crippen LogP contribution in [0.3, 0.4) is 0 Å². The van der Waals surface area contributed by atoms with Crippen molar-refractivity contribution in [2.45, 2.75) is 0 Å². The lowest BCUT2D eigenvalue weighted by molar-refractivity contribution is -0.512. The second kappa shape index (κ2) is 3.10. The van der Waals surface area contributed by atoms with Gasteiger partial charge in [0.25, 0.3) is 0 Å². The molecule has 3 rings (SSSR count). The number of allylic oxidation sites excluding steroid dienone is 1. The number of pyridine rings is 2. The van der Waals surface area contributed by atoms with E-state index in [0.29, 0.717) is 5.56 Å². The Balaban J connectivity index is 2.37. The average molecular weight is 210 g/mol. The molecule has 0 amide bonds. The van der Waals surface area contributed by atoms with E-state index < -0.39 is 11.6 Å². The first-order valence-corrected chi connectivity index (χ1v) is 4.96. The number of fused-ring (bicyclic) bond motifs is 2. The highest BCUT2D eigenvalue weighted by atomic mass is 16.2. The van der Waals surface area contributed by atoms with Crippen LogP contribution in [-0.4, -0.2) is 11.6 Å². The van der Waals surface area contributed by atoms with Gasteiger partial charge in [-0.2, -0.15) is 4.40 Å². The topological polar surface area (TPSA) is 38.2 Å². The summed E-state index contributed by atoms with van der Waals surface area (Å²) < 4.78 is 1.84. The lowest BCUT2D eigenvalue weighted by atomic mass is 9.97. The molecule has 3 nitrogen and oxygen atoms in total. The highest BCUT2D eigenvalue weighted by Crippen LogP contribution is 2.16. The summed E-state index contributed by atoms with van der Waals surface area (Å²) in [6.07, 6.45) is 6.57. The van der Waals surface area contributed by atoms with E-state index in [2.05, 4.69) is 0 Å². The van der Waals surface area contributed by atoms with Gasteiger partial charge in [-0.15, -0.1) is 0 Å². The van der Waals surface area contributed by atoms with Crippen LogP contribution in [0.4, 0.5) is 0 Å². The Morgan fingerprint density at radius 2 is 1.94 bits per heavy atom. The smallest absolute Gasteiger partial charge is 0.239 e. The van der Waals surface area contributed by atoms with Crippen LogP contribution in [0.2, 0.25) is 0 Å². The molecule has 76 valence electrons. The Bertz CT molecular complexity index is 656. The summed E-state index contributed by atoms with van der Waals surface area (Å²) in [6.45, 7) is 0. The van der Waals surface area contributed by atoms with Gasteiger partial charge < -0.3 is 0 Å². The van der Waals surface area contributed by atoms with Crippen molar-refractivity contribution in [1.29, 1.82) is 0 Å². The molecule has 0 N–H and O–H groups in total. The van der Waals surface area contributed by atoms with Crippen molar-refractivity contribution in [2.24, 2.45) is 0 Å². The van der Waals surface area contributed by atoms with Crippen LogP contribution >= 0.6 is 0 Å². The monoisotopic (exact) mass is 210 g/mol. The Labute approximate surface area is 91.6 Å². The van der Waals surface area contributed by atoms with Crippen molar-refractivity contribution in [3.05, 3.63) is 53.9 Å². The molecule has 0 fully saturated rings. The van der Waals surface area contributed by atoms with E-state index in [1.807, 2.05) is 34.9 Å². The fraction of sp³-hybridized carbons (Fsp3) is 0. The van der Waals surface area contributed by atoms with E-state index in [9.17, 15) is 9.59 Å². The van der Waals surface area contributed by atoms with E-state index in [-0.39, 0.29) is 0 Å². The Hall–Kier alpha value is -2.29. The lowest BCUT2D eigenvalue weighted by Gasteiger charge is -2.05. The Morgan fingerprint density at radius 3 is 2.81 bits per heavy atom. The molecular weight excluding hydrogens is 202 g/mol. The maximum atomic E-state index is 11.6. The molecular formula is C13H8NO2+. The number of nitrogens with zero attached hydrogens (tertiary/aromatic N) is 1. The molecule has 0 spiro atoms. The minimum atomic E-state index is -0.455. The first kappa shape index (κ1) is 8.97. The first-order chi connectivity index (χ1) is 7.75. The summed E-state index contributed by atoms with van der Waals surface area (Å²) in [5.41, 5.74) is 2.26. The third-order valence-corrected chi connectivity index (χ3v) is 2.69. The van der Waals surface area contributed by atoms with Gasteiger partial charge in [0.1, 0.15) is 0 Å². The molecule has 2 aromatic heterocycles. The van der Waals surface area contributed by atoms with Crippen molar-refractivity contribution >= 4 is 23.2 Å². The van der Waals surface area contributed by atoms with E-state index in [0.717, 1.165) is 11.1 Å². The molecule has 0 aromatic carbocycles. The molecule has 0 saturated heterocycles. The van der Waals surface area contributed by atoms with Crippen molar-refractivity contribution in [3.8, 4) is 0 Å². The van der Waals surface area contributed by atoms with Crippen molar-refractivity contribution < 1.29 is 14.0 Å². The van der Waals surface area contributed by atoms with Crippen LogP contribution in [0.15, 0.2) is 42.7 Å². The van der Waals surface area contributed by atoms with Crippen LogP contribution in [0.5, 0.6) is 0 Å². The molecule has 0 bridgehead atoms. The van der Waals surface area contributed by atoms with Crippen molar-refractivity contribution in [2.75, 3.05) is 0 Å². The number of ketones is 2. The lowest BCUT2D eigenvalue weighted by Crippen LogP contribution is -2.26. The fourth-order valence-electron chi connectivity index (χ4n) is 1.86. The van der Waals surface area contributed by atoms with E-state index in [1.165, 1.54) is 6.08 Å². The van der Waals surface area contributed by atoms with Crippen molar-refractivity contribution in [1.82, 2.24) is 0 Å². The number of hydrogen-bond acceptors (Lipinski definition) is 2. The largest absolute Gasteiger partial charge is 0.286 e. The standard InChI is InChI=1S/C13H8NO2/c15-12-5-4-9-7-10-3-1-2-6-14(10)8-11(9)13(12)16/h1-8H/q+1. The van der Waals surface area contributed by atoms with Crippen LogP contribution in [0, 0.1) is 0 Å². The fourth-order valence-corrected chi connectivity index (χ4v) is 1.86. The zero-order valence-electron chi connectivity index (χ0n) is 8.38. The van der Waals surface area contributed by atoms with Gasteiger partial charge in [-0.05, 0) is 23.8 Å². The number of aromatic nitrogens is 1. The quantitative estimate of drug-likeness (QED) is 0.484. The Morgan fingerprint density at radius 1 is 1.06 bits per heavy atom. The number of carbonyl (C=O) groups excluding carboxylic acids is 2. The number of carbonyl (C=O) groups is 2. The molecule has 2 aromatic rings. The van der Waals surface area contributed by atoms with Gasteiger partial charge in [0.2, 0.25) is 17.1 Å². The van der Waals surface area contributed by atoms with Crippen LogP contribution in [-0.2, 0) is 4.79 Å². The second-order valence-electron chi connectivity index (χ2n) is 3.70. The normalized spacial score (nSPS) is 14.2. The summed E-state index contributed by atoms with van der Waals surface area (Å²) >= 11 is 0. The molecule has 0 saturated carbocycles. The van der Waals surface area contributed by atoms with Gasteiger partial charge in [-0.3, -0.25) is 9.59 Å². The van der Waals surface area contributed by atoms with E-state index in [4.69, 9.17) is 0 Å². The highest BCUT2D eigenvalue weighted by Gasteiger charge is 2.24. The molecule has 1 aliphatic rings. The third kappa shape index (κ3) is 1.18. The third-order valence-electron chi connectivity index (χ3n) is 2.69. The Kier molecular flexibility index (Phi) is 1.74. The molecule has 3 heteroatoms. The molecule has 0 aliphatic heterocycles. The van der Waals surface area contributed by atoms with Gasteiger partial charge in [-0.1, -0.05) is 0 Å². The van der Waals surface area contributed by atoms with Crippen LogP contribution in [0.25, 0.3) is 11.6 Å². The number of rotatable bonds is 0. The van der Waals surface area contributed by atoms with Gasteiger partial charge in [0.15, 0.2) is 12.4 Å². The minimum Gasteiger partial charge on any atom is -0.286 e. The predicted octanol–water partition coefficient (Wildman–Crippen LogP) is 1.20. The summed E-state index contributed by atoms with van der Waals surface area (Å²) in [7, 11) is 0. The van der Waals surface area contributed by atoms with Gasteiger partial charge in [-0.25, -0.2) is 0 Å². The van der Waals surface area contributed by atoms with Crippen molar-refractivity contribution in [3.63, 3.8) is 0 Å². The van der Waals surface area contributed by atoms with Crippen LogP contribution in [0.1, 0.15) is 15.9 Å². The summed E-state index contributed by atoms with van der Waals surface area (Å²) in [5, 5.41) is 0. The predicted molar refractivity (Wildman–Crippen MR) is 58.0 cm³/mol. The first-order valence-electron chi connectivity index (χ1n) is 4.96. The SMILES string of the molecule is O=C1C=Cc2cc3cccc[n+]3cc2C1=O. The van der Waals surface area contributed by atoms with E-state index in [1.54, 1.807) is 12.3 Å². The molecule has 0 radical (unpaired) electrons. The maximum Gasteiger partial charge on any atom is 0.239 e. The zero-order chi connectivity index (χ0) is 11.1. The summed E-state index contributed by atoms with van der Waals surface area (Å²) in [5.74, 6) is -0.890. The summed E-state index contributed by atoms with van der Waals surface area (Å²) in [4.78, 5) is 22.9. The van der Waals surface area contributed by atoms with Gasteiger partial charge in [0.05, 0.1) is 5.56 Å². The second-order valence-corrected chi connectivity index (χ2v) is 3.70. The van der Waals surface area contributed by atoms with E-state index >= 15 is 0 Å². The molecule has 0 unspecified atom stereocenters.